The number of nitrogens with one attached hydrogen (secondary N) is 1. The largest absolute Gasteiger partial charge is 0.323 e. The van der Waals surface area contributed by atoms with Crippen molar-refractivity contribution >= 4 is 10.0 Å². The number of nitrogens with two attached hydrogens (primary N) is 2. The second-order valence-electron chi connectivity index (χ2n) is 5.90. The van der Waals surface area contributed by atoms with Gasteiger partial charge in [0.15, 0.2) is 0 Å². The Morgan fingerprint density at radius 3 is 2.29 bits per heavy atom. The predicted molar refractivity (Wildman–Crippen MR) is 97.0 cm³/mol. The lowest BCUT2D eigenvalue weighted by atomic mass is 9.98. The van der Waals surface area contributed by atoms with Gasteiger partial charge in [0.2, 0.25) is 10.0 Å². The Morgan fingerprint density at radius 1 is 1.08 bits per heavy atom. The average molecular weight is 347 g/mol. The van der Waals surface area contributed by atoms with Crippen LogP contribution in [0.4, 0.5) is 0 Å². The van der Waals surface area contributed by atoms with E-state index in [2.05, 4.69) is 24.4 Å². The molecule has 2 unspecified atom stereocenters. The van der Waals surface area contributed by atoms with Gasteiger partial charge in [-0.15, -0.1) is 0 Å². The van der Waals surface area contributed by atoms with Crippen LogP contribution in [0, 0.1) is 0 Å². The summed E-state index contributed by atoms with van der Waals surface area (Å²) < 4.78 is 22.6. The van der Waals surface area contributed by atoms with E-state index in [0.29, 0.717) is 6.54 Å². The van der Waals surface area contributed by atoms with Crippen LogP contribution in [-0.4, -0.2) is 15.0 Å². The van der Waals surface area contributed by atoms with Gasteiger partial charge in [-0.1, -0.05) is 43.3 Å². The Hall–Kier alpha value is -1.73. The van der Waals surface area contributed by atoms with Gasteiger partial charge in [-0.05, 0) is 42.2 Å². The van der Waals surface area contributed by atoms with Crippen LogP contribution in [0.15, 0.2) is 53.4 Å². The minimum absolute atomic E-state index is 0.0550. The maximum atomic E-state index is 11.3. The third-order valence-corrected chi connectivity index (χ3v) is 5.12. The van der Waals surface area contributed by atoms with E-state index in [-0.39, 0.29) is 17.0 Å². The van der Waals surface area contributed by atoms with E-state index < -0.39 is 10.0 Å². The van der Waals surface area contributed by atoms with Gasteiger partial charge in [0.1, 0.15) is 0 Å². The zero-order valence-corrected chi connectivity index (χ0v) is 14.9. The lowest BCUT2D eigenvalue weighted by Gasteiger charge is -2.20. The molecule has 6 heteroatoms. The minimum Gasteiger partial charge on any atom is -0.323 e. The molecule has 0 saturated heterocycles. The molecule has 2 atom stereocenters. The monoisotopic (exact) mass is 347 g/mol. The second kappa shape index (κ2) is 7.90. The van der Waals surface area contributed by atoms with Crippen molar-refractivity contribution in [3.05, 3.63) is 65.2 Å². The van der Waals surface area contributed by atoms with Crippen LogP contribution in [-0.2, 0) is 16.4 Å². The summed E-state index contributed by atoms with van der Waals surface area (Å²) in [6.45, 7) is 4.77. The molecule has 0 saturated carbocycles. The maximum absolute atomic E-state index is 11.3. The van der Waals surface area contributed by atoms with Gasteiger partial charge in [-0.25, -0.2) is 13.6 Å². The van der Waals surface area contributed by atoms with Crippen molar-refractivity contribution in [3.63, 3.8) is 0 Å². The van der Waals surface area contributed by atoms with E-state index in [1.54, 1.807) is 12.1 Å². The van der Waals surface area contributed by atoms with E-state index in [9.17, 15) is 8.42 Å². The van der Waals surface area contributed by atoms with E-state index in [4.69, 9.17) is 10.9 Å². The second-order valence-corrected chi connectivity index (χ2v) is 7.46. The molecule has 0 spiro atoms. The first-order valence-electron chi connectivity index (χ1n) is 8.02. The third-order valence-electron chi connectivity index (χ3n) is 4.19. The van der Waals surface area contributed by atoms with Crippen LogP contribution in [0.25, 0.3) is 0 Å². The average Bonchev–Trinajstić information content (AvgIpc) is 2.58. The highest BCUT2D eigenvalue weighted by atomic mass is 32.2. The Bertz CT molecular complexity index is 773. The summed E-state index contributed by atoms with van der Waals surface area (Å²) in [5.41, 5.74) is 9.72. The van der Waals surface area contributed by atoms with E-state index in [1.165, 1.54) is 17.7 Å². The van der Waals surface area contributed by atoms with Crippen molar-refractivity contribution in [1.29, 1.82) is 0 Å². The molecule has 0 aromatic heterocycles. The molecule has 0 amide bonds. The van der Waals surface area contributed by atoms with E-state index in [0.717, 1.165) is 17.5 Å². The van der Waals surface area contributed by atoms with Gasteiger partial charge in [-0.3, -0.25) is 0 Å². The van der Waals surface area contributed by atoms with Crippen molar-refractivity contribution in [2.75, 3.05) is 6.54 Å². The molecule has 5 nitrogen and oxygen atoms in total. The zero-order chi connectivity index (χ0) is 17.7. The Balaban J connectivity index is 2.01. The Labute approximate surface area is 144 Å². The molecule has 0 aliphatic carbocycles. The van der Waals surface area contributed by atoms with Gasteiger partial charge in [0, 0.05) is 18.6 Å². The van der Waals surface area contributed by atoms with Gasteiger partial charge in [0.05, 0.1) is 4.90 Å². The van der Waals surface area contributed by atoms with Crippen LogP contribution in [0.5, 0.6) is 0 Å². The van der Waals surface area contributed by atoms with Crippen molar-refractivity contribution in [2.24, 2.45) is 10.9 Å². The van der Waals surface area contributed by atoms with E-state index >= 15 is 0 Å². The van der Waals surface area contributed by atoms with Gasteiger partial charge < -0.3 is 11.1 Å². The highest BCUT2D eigenvalue weighted by Crippen LogP contribution is 2.19. The van der Waals surface area contributed by atoms with Gasteiger partial charge in [-0.2, -0.15) is 0 Å². The summed E-state index contributed by atoms with van der Waals surface area (Å²) in [6.07, 6.45) is 0.953. The summed E-state index contributed by atoms with van der Waals surface area (Å²) in [6, 6.07) is 14.7. The summed E-state index contributed by atoms with van der Waals surface area (Å²) >= 11 is 0. The predicted octanol–water partition coefficient (Wildman–Crippen LogP) is 2.25. The molecular weight excluding hydrogens is 322 g/mol. The van der Waals surface area contributed by atoms with Crippen molar-refractivity contribution in [3.8, 4) is 0 Å². The van der Waals surface area contributed by atoms with Crippen molar-refractivity contribution in [1.82, 2.24) is 5.32 Å². The first kappa shape index (κ1) is 18.6. The van der Waals surface area contributed by atoms with Crippen molar-refractivity contribution < 1.29 is 8.42 Å². The number of hydrogen-bond acceptors (Lipinski definition) is 4. The summed E-state index contributed by atoms with van der Waals surface area (Å²) in [5, 5.41) is 8.51. The van der Waals surface area contributed by atoms with Gasteiger partial charge >= 0.3 is 0 Å². The molecule has 2 rings (SSSR count). The van der Waals surface area contributed by atoms with Gasteiger partial charge in [0.25, 0.3) is 0 Å². The minimum atomic E-state index is -3.66. The highest BCUT2D eigenvalue weighted by Gasteiger charge is 2.13. The molecule has 24 heavy (non-hydrogen) atoms. The quantitative estimate of drug-likeness (QED) is 0.715. The number of aryl methyl sites for hydroxylation is 1. The summed E-state index contributed by atoms with van der Waals surface area (Å²) in [7, 11) is -3.66. The molecule has 0 aliphatic heterocycles. The summed E-state index contributed by atoms with van der Waals surface area (Å²) in [5.74, 6) is 0. The highest BCUT2D eigenvalue weighted by molar-refractivity contribution is 7.89. The molecule has 0 radical (unpaired) electrons. The number of sulfonamides is 1. The molecule has 130 valence electrons. The normalized spacial score (nSPS) is 14.3. The van der Waals surface area contributed by atoms with Crippen LogP contribution in [0.3, 0.4) is 0 Å². The summed E-state index contributed by atoms with van der Waals surface area (Å²) in [4.78, 5) is 0.118. The molecule has 5 N–H and O–H groups in total. The molecular formula is C18H25N3O2S. The standard InChI is InChI=1S/C18H25N3O2S/c1-3-14-6-4-5-7-17(14)18(19)12-21-13(2)15-8-10-16(11-9-15)24(20,22)23/h4-11,13,18,21H,3,12,19H2,1-2H3,(H2,20,22,23). The Kier molecular flexibility index (Phi) is 6.12. The first-order valence-corrected chi connectivity index (χ1v) is 9.57. The van der Waals surface area contributed by atoms with Crippen molar-refractivity contribution in [2.45, 2.75) is 37.2 Å². The molecule has 2 aromatic carbocycles. The number of benzene rings is 2. The fourth-order valence-electron chi connectivity index (χ4n) is 2.70. The molecule has 0 heterocycles. The zero-order valence-electron chi connectivity index (χ0n) is 14.1. The lowest BCUT2D eigenvalue weighted by molar-refractivity contribution is 0.525. The van der Waals surface area contributed by atoms with Crippen LogP contribution < -0.4 is 16.2 Å². The fourth-order valence-corrected chi connectivity index (χ4v) is 3.21. The molecule has 0 aliphatic rings. The van der Waals surface area contributed by atoms with Crippen LogP contribution in [0.2, 0.25) is 0 Å². The Morgan fingerprint density at radius 2 is 1.71 bits per heavy atom. The molecule has 0 fully saturated rings. The number of rotatable bonds is 7. The topological polar surface area (TPSA) is 98.2 Å². The SMILES string of the molecule is CCc1ccccc1C(N)CNC(C)c1ccc(S(N)(=O)=O)cc1. The maximum Gasteiger partial charge on any atom is 0.238 e. The first-order chi connectivity index (χ1) is 11.3. The lowest BCUT2D eigenvalue weighted by Crippen LogP contribution is -2.29. The van der Waals surface area contributed by atoms with E-state index in [1.807, 2.05) is 19.1 Å². The smallest absolute Gasteiger partial charge is 0.238 e. The number of hydrogen-bond donors (Lipinski definition) is 3. The van der Waals surface area contributed by atoms with Crippen LogP contribution >= 0.6 is 0 Å². The van der Waals surface area contributed by atoms with Crippen LogP contribution in [0.1, 0.15) is 42.6 Å². The third kappa shape index (κ3) is 4.64. The number of primary sulfonamides is 1. The fraction of sp³-hybridized carbons (Fsp3) is 0.333. The molecule has 0 bridgehead atoms. The molecule has 2 aromatic rings.